The van der Waals surface area contributed by atoms with Crippen molar-refractivity contribution in [2.75, 3.05) is 36.5 Å². The van der Waals surface area contributed by atoms with Gasteiger partial charge in [-0.1, -0.05) is 35.1 Å². The van der Waals surface area contributed by atoms with E-state index in [4.69, 9.17) is 4.74 Å². The van der Waals surface area contributed by atoms with Crippen LogP contribution in [0.25, 0.3) is 0 Å². The van der Waals surface area contributed by atoms with E-state index in [1.807, 2.05) is 17.0 Å². The summed E-state index contributed by atoms with van der Waals surface area (Å²) in [6, 6.07) is 12.6. The first-order valence-electron chi connectivity index (χ1n) is 12.1. The number of nitrogens with zero attached hydrogens (tertiary/aromatic N) is 2. The van der Waals surface area contributed by atoms with Gasteiger partial charge in [-0.25, -0.2) is 0 Å². The Bertz CT molecular complexity index is 1270. The number of carbonyl (C=O) groups is 1. The minimum absolute atomic E-state index is 0.0753. The third-order valence-corrected chi connectivity index (χ3v) is 8.10. The van der Waals surface area contributed by atoms with Crippen LogP contribution >= 0.6 is 11.3 Å². The largest absolute Gasteiger partial charge is 0.495 e. The lowest BCUT2D eigenvalue weighted by Crippen LogP contribution is -2.43. The molecule has 35 heavy (non-hydrogen) atoms. The molecule has 5 rings (SSSR count). The molecule has 0 saturated carbocycles. The van der Waals surface area contributed by atoms with E-state index >= 15 is 0 Å². The van der Waals surface area contributed by atoms with E-state index in [1.165, 1.54) is 11.3 Å². The SMILES string of the molecule is COc1ccc(Cc2sc(=O)[nH]c2O)c2c1N(CC1CCN(c3ccc(C)cc3)CC1)C(=O)CC2. The van der Waals surface area contributed by atoms with Crippen molar-refractivity contribution >= 4 is 28.6 Å². The molecule has 3 aromatic rings. The number of methoxy groups -OCH3 is 1. The quantitative estimate of drug-likeness (QED) is 0.536. The topological polar surface area (TPSA) is 85.9 Å². The monoisotopic (exact) mass is 493 g/mol. The van der Waals surface area contributed by atoms with E-state index in [9.17, 15) is 14.7 Å². The summed E-state index contributed by atoms with van der Waals surface area (Å²) < 4.78 is 5.69. The highest BCUT2D eigenvalue weighted by molar-refractivity contribution is 7.09. The van der Waals surface area contributed by atoms with Gasteiger partial charge in [0.05, 0.1) is 17.7 Å². The Balaban J connectivity index is 1.36. The molecule has 2 aliphatic rings. The summed E-state index contributed by atoms with van der Waals surface area (Å²) in [7, 11) is 1.64. The first-order valence-corrected chi connectivity index (χ1v) is 13.0. The number of rotatable bonds is 6. The molecule has 2 aromatic carbocycles. The molecule has 1 saturated heterocycles. The van der Waals surface area contributed by atoms with Crippen molar-refractivity contribution < 1.29 is 14.6 Å². The Morgan fingerprint density at radius 3 is 2.49 bits per heavy atom. The first-order chi connectivity index (χ1) is 16.9. The maximum Gasteiger partial charge on any atom is 0.307 e. The molecule has 2 N–H and O–H groups in total. The van der Waals surface area contributed by atoms with E-state index in [1.54, 1.807) is 7.11 Å². The minimum Gasteiger partial charge on any atom is -0.495 e. The van der Waals surface area contributed by atoms with Gasteiger partial charge in [-0.05, 0) is 61.4 Å². The van der Waals surface area contributed by atoms with E-state index in [0.717, 1.165) is 54.1 Å². The van der Waals surface area contributed by atoms with E-state index in [-0.39, 0.29) is 16.7 Å². The first kappa shape index (κ1) is 23.5. The number of piperidine rings is 1. The van der Waals surface area contributed by atoms with E-state index in [2.05, 4.69) is 41.1 Å². The van der Waals surface area contributed by atoms with Crippen LogP contribution in [0.1, 0.15) is 40.8 Å². The number of aromatic hydroxyl groups is 1. The smallest absolute Gasteiger partial charge is 0.307 e. The highest BCUT2D eigenvalue weighted by Crippen LogP contribution is 2.41. The zero-order valence-corrected chi connectivity index (χ0v) is 21.0. The molecular weight excluding hydrogens is 462 g/mol. The normalized spacial score (nSPS) is 16.5. The van der Waals surface area contributed by atoms with Crippen LogP contribution in [0.3, 0.4) is 0 Å². The van der Waals surface area contributed by atoms with Crippen molar-refractivity contribution in [3.63, 3.8) is 0 Å². The number of aryl methyl sites for hydroxylation is 1. The number of hydrogen-bond acceptors (Lipinski definition) is 6. The lowest BCUT2D eigenvalue weighted by Gasteiger charge is -2.38. The van der Waals surface area contributed by atoms with Crippen LogP contribution < -0.4 is 19.4 Å². The molecule has 8 heteroatoms. The van der Waals surface area contributed by atoms with Crippen molar-refractivity contribution in [3.05, 3.63) is 67.6 Å². The molecule has 3 heterocycles. The number of amides is 1. The highest BCUT2D eigenvalue weighted by Gasteiger charge is 2.32. The van der Waals surface area contributed by atoms with Crippen LogP contribution in [0.5, 0.6) is 11.6 Å². The lowest BCUT2D eigenvalue weighted by atomic mass is 9.90. The average molecular weight is 494 g/mol. The summed E-state index contributed by atoms with van der Waals surface area (Å²) in [5.41, 5.74) is 5.46. The van der Waals surface area contributed by atoms with Gasteiger partial charge in [0.15, 0.2) is 0 Å². The van der Waals surface area contributed by atoms with Crippen molar-refractivity contribution in [1.82, 2.24) is 4.98 Å². The van der Waals surface area contributed by atoms with E-state index in [0.29, 0.717) is 42.4 Å². The fourth-order valence-corrected chi connectivity index (χ4v) is 6.03. The van der Waals surface area contributed by atoms with Crippen molar-refractivity contribution in [1.29, 1.82) is 0 Å². The third-order valence-electron chi connectivity index (χ3n) is 7.23. The summed E-state index contributed by atoms with van der Waals surface area (Å²) in [5, 5.41) is 10.1. The Morgan fingerprint density at radius 2 is 1.83 bits per heavy atom. The van der Waals surface area contributed by atoms with Crippen LogP contribution in [-0.2, 0) is 17.6 Å². The van der Waals surface area contributed by atoms with Crippen LogP contribution in [-0.4, -0.2) is 42.7 Å². The van der Waals surface area contributed by atoms with Crippen LogP contribution in [0, 0.1) is 12.8 Å². The number of hydrogen-bond donors (Lipinski definition) is 2. The zero-order chi connectivity index (χ0) is 24.5. The van der Waals surface area contributed by atoms with Crippen molar-refractivity contribution in [2.45, 2.75) is 39.0 Å². The fraction of sp³-hybridized carbons (Fsp3) is 0.407. The van der Waals surface area contributed by atoms with E-state index < -0.39 is 0 Å². The van der Waals surface area contributed by atoms with Gasteiger partial charge in [0, 0.05) is 38.2 Å². The standard InChI is InChI=1S/C27H31N3O4S/c1-17-3-6-20(7-4-17)29-13-11-18(12-14-29)16-30-24(31)10-8-21-19(5-9-22(34-2)25(21)30)15-23-26(32)28-27(33)35-23/h3-7,9,18,32H,8,10-16H2,1-2H3,(H,28,33). The molecule has 2 aliphatic heterocycles. The van der Waals surface area contributed by atoms with Crippen LogP contribution in [0.15, 0.2) is 41.2 Å². The van der Waals surface area contributed by atoms with Gasteiger partial charge in [0.2, 0.25) is 11.8 Å². The molecule has 1 amide bonds. The summed E-state index contributed by atoms with van der Waals surface area (Å²) in [6.45, 7) is 4.74. The van der Waals surface area contributed by atoms with Gasteiger partial charge in [-0.15, -0.1) is 0 Å². The Labute approximate surface area is 209 Å². The van der Waals surface area contributed by atoms with Gasteiger partial charge in [-0.2, -0.15) is 0 Å². The van der Waals surface area contributed by atoms with Crippen LogP contribution in [0.2, 0.25) is 0 Å². The van der Waals surface area contributed by atoms with Crippen molar-refractivity contribution in [3.8, 4) is 11.6 Å². The van der Waals surface area contributed by atoms with Crippen molar-refractivity contribution in [2.24, 2.45) is 5.92 Å². The number of ether oxygens (including phenoxy) is 1. The molecule has 0 radical (unpaired) electrons. The molecule has 0 aliphatic carbocycles. The van der Waals surface area contributed by atoms with Gasteiger partial charge in [-0.3, -0.25) is 14.6 Å². The molecule has 0 unspecified atom stereocenters. The molecule has 0 bridgehead atoms. The fourth-order valence-electron chi connectivity index (χ4n) is 5.28. The maximum absolute atomic E-state index is 13.1. The Hall–Kier alpha value is -3.26. The number of aromatic amines is 1. The van der Waals surface area contributed by atoms with Crippen LogP contribution in [0.4, 0.5) is 11.4 Å². The Kier molecular flexibility index (Phi) is 6.56. The number of benzene rings is 2. The summed E-state index contributed by atoms with van der Waals surface area (Å²) in [5.74, 6) is 1.16. The molecule has 0 spiro atoms. The second kappa shape index (κ2) is 9.77. The minimum atomic E-state index is -0.270. The lowest BCUT2D eigenvalue weighted by molar-refractivity contribution is -0.119. The number of anilines is 2. The maximum atomic E-state index is 13.1. The number of aromatic nitrogens is 1. The van der Waals surface area contributed by atoms with Gasteiger partial charge in [0.1, 0.15) is 5.75 Å². The number of thiazole rings is 1. The molecule has 1 fully saturated rings. The third kappa shape index (κ3) is 4.80. The predicted molar refractivity (Wildman–Crippen MR) is 139 cm³/mol. The molecule has 184 valence electrons. The average Bonchev–Trinajstić information content (AvgIpc) is 3.18. The molecule has 7 nitrogen and oxygen atoms in total. The summed E-state index contributed by atoms with van der Waals surface area (Å²) in [6.07, 6.45) is 3.58. The van der Waals surface area contributed by atoms with Gasteiger partial charge >= 0.3 is 4.87 Å². The second-order valence-corrected chi connectivity index (χ2v) is 10.6. The summed E-state index contributed by atoms with van der Waals surface area (Å²) >= 11 is 1.02. The second-order valence-electron chi connectivity index (χ2n) is 9.49. The predicted octanol–water partition coefficient (Wildman–Crippen LogP) is 4.25. The Morgan fingerprint density at radius 1 is 1.09 bits per heavy atom. The zero-order valence-electron chi connectivity index (χ0n) is 20.2. The number of carbonyl (C=O) groups excluding carboxylic acids is 1. The molecule has 1 aromatic heterocycles. The number of fused-ring (bicyclic) bond motifs is 1. The molecule has 0 atom stereocenters. The number of H-pyrrole nitrogens is 1. The molecular formula is C27H31N3O4S. The van der Waals surface area contributed by atoms with Gasteiger partial charge in [0.25, 0.3) is 0 Å². The van der Waals surface area contributed by atoms with Gasteiger partial charge < -0.3 is 19.6 Å². The summed E-state index contributed by atoms with van der Waals surface area (Å²) in [4.78, 5) is 31.9. The number of nitrogens with one attached hydrogen (secondary N) is 1. The highest BCUT2D eigenvalue weighted by atomic mass is 32.1.